The van der Waals surface area contributed by atoms with Gasteiger partial charge in [0.05, 0.1) is 6.04 Å². The molecule has 0 aliphatic carbocycles. The van der Waals surface area contributed by atoms with Crippen molar-refractivity contribution in [2.45, 2.75) is 43.4 Å². The standard InChI is InChI=1S/C13H20N2O3S2/c1-10-6-7-12(19-10)20(17,18)14-11(2)13(16)15-8-4-3-5-9-15/h6-7,11,14H,3-5,8-9H2,1-2H3/t11-/m0/s1. The monoisotopic (exact) mass is 316 g/mol. The molecule has 0 aromatic carbocycles. The second-order valence-corrected chi connectivity index (χ2v) is 8.32. The predicted octanol–water partition coefficient (Wildman–Crippen LogP) is 1.74. The van der Waals surface area contributed by atoms with Gasteiger partial charge in [-0.05, 0) is 45.2 Å². The van der Waals surface area contributed by atoms with Crippen LogP contribution in [0.25, 0.3) is 0 Å². The molecule has 1 amide bonds. The van der Waals surface area contributed by atoms with E-state index < -0.39 is 16.1 Å². The van der Waals surface area contributed by atoms with Crippen LogP contribution in [-0.4, -0.2) is 38.4 Å². The van der Waals surface area contributed by atoms with Gasteiger partial charge >= 0.3 is 0 Å². The predicted molar refractivity (Wildman–Crippen MR) is 79.3 cm³/mol. The van der Waals surface area contributed by atoms with Crippen LogP contribution in [-0.2, 0) is 14.8 Å². The Morgan fingerprint density at radius 1 is 1.30 bits per heavy atom. The van der Waals surface area contributed by atoms with E-state index in [1.54, 1.807) is 24.0 Å². The van der Waals surface area contributed by atoms with Crippen molar-refractivity contribution in [3.63, 3.8) is 0 Å². The Hall–Kier alpha value is -0.920. The van der Waals surface area contributed by atoms with Crippen LogP contribution in [0.4, 0.5) is 0 Å². The van der Waals surface area contributed by atoms with Gasteiger partial charge in [0.1, 0.15) is 4.21 Å². The van der Waals surface area contributed by atoms with Crippen LogP contribution in [0.3, 0.4) is 0 Å². The Balaban J connectivity index is 2.03. The van der Waals surface area contributed by atoms with Crippen molar-refractivity contribution in [3.8, 4) is 0 Å². The molecule has 2 heterocycles. The highest BCUT2D eigenvalue weighted by molar-refractivity contribution is 7.91. The molecule has 1 N–H and O–H groups in total. The van der Waals surface area contributed by atoms with E-state index in [0.717, 1.165) is 37.2 Å². The van der Waals surface area contributed by atoms with Crippen molar-refractivity contribution in [2.24, 2.45) is 0 Å². The summed E-state index contributed by atoms with van der Waals surface area (Å²) in [4.78, 5) is 14.9. The molecule has 1 aliphatic rings. The number of rotatable bonds is 4. The number of nitrogens with zero attached hydrogens (tertiary/aromatic N) is 1. The van der Waals surface area contributed by atoms with Gasteiger partial charge in [-0.1, -0.05) is 0 Å². The number of piperidine rings is 1. The molecule has 0 radical (unpaired) electrons. The van der Waals surface area contributed by atoms with Gasteiger partial charge in [-0.2, -0.15) is 4.72 Å². The lowest BCUT2D eigenvalue weighted by Gasteiger charge is -2.29. The molecule has 1 aromatic rings. The highest BCUT2D eigenvalue weighted by atomic mass is 32.2. The summed E-state index contributed by atoms with van der Waals surface area (Å²) in [5.41, 5.74) is 0. The minimum absolute atomic E-state index is 0.137. The fourth-order valence-corrected chi connectivity index (χ4v) is 4.78. The van der Waals surface area contributed by atoms with Crippen molar-refractivity contribution in [3.05, 3.63) is 17.0 Å². The number of carbonyl (C=O) groups excluding carboxylic acids is 1. The third-order valence-electron chi connectivity index (χ3n) is 3.35. The molecule has 0 bridgehead atoms. The van der Waals surface area contributed by atoms with E-state index in [0.29, 0.717) is 0 Å². The van der Waals surface area contributed by atoms with E-state index in [1.165, 1.54) is 11.3 Å². The molecule has 0 saturated carbocycles. The Morgan fingerprint density at radius 2 is 1.95 bits per heavy atom. The molecule has 5 nitrogen and oxygen atoms in total. The van der Waals surface area contributed by atoms with Crippen LogP contribution < -0.4 is 4.72 Å². The number of hydrogen-bond acceptors (Lipinski definition) is 4. The van der Waals surface area contributed by atoms with E-state index in [2.05, 4.69) is 4.72 Å². The van der Waals surface area contributed by atoms with Gasteiger partial charge in [-0.25, -0.2) is 8.42 Å². The zero-order valence-electron chi connectivity index (χ0n) is 11.8. The average molecular weight is 316 g/mol. The average Bonchev–Trinajstić information content (AvgIpc) is 2.86. The quantitative estimate of drug-likeness (QED) is 0.920. The number of carbonyl (C=O) groups is 1. The molecular weight excluding hydrogens is 296 g/mol. The molecule has 0 spiro atoms. The first kappa shape index (κ1) is 15.5. The summed E-state index contributed by atoms with van der Waals surface area (Å²) in [6, 6.07) is 2.61. The normalized spacial score (nSPS) is 18.0. The van der Waals surface area contributed by atoms with E-state index in [1.807, 2.05) is 6.92 Å². The van der Waals surface area contributed by atoms with Crippen molar-refractivity contribution < 1.29 is 13.2 Å². The minimum Gasteiger partial charge on any atom is -0.341 e. The maximum atomic E-state index is 12.2. The molecule has 112 valence electrons. The lowest BCUT2D eigenvalue weighted by Crippen LogP contribution is -2.48. The van der Waals surface area contributed by atoms with Crippen molar-refractivity contribution in [2.75, 3.05) is 13.1 Å². The smallest absolute Gasteiger partial charge is 0.250 e. The van der Waals surface area contributed by atoms with Crippen molar-refractivity contribution in [1.82, 2.24) is 9.62 Å². The fraction of sp³-hybridized carbons (Fsp3) is 0.615. The zero-order valence-corrected chi connectivity index (χ0v) is 13.4. The first-order valence-electron chi connectivity index (χ1n) is 6.78. The molecule has 2 rings (SSSR count). The van der Waals surface area contributed by atoms with Crippen LogP contribution >= 0.6 is 11.3 Å². The van der Waals surface area contributed by atoms with E-state index in [-0.39, 0.29) is 10.1 Å². The third-order valence-corrected chi connectivity index (χ3v) is 6.38. The summed E-state index contributed by atoms with van der Waals surface area (Å²) in [5, 5.41) is 0. The fourth-order valence-electron chi connectivity index (χ4n) is 2.29. The van der Waals surface area contributed by atoms with Gasteiger partial charge in [0.15, 0.2) is 0 Å². The van der Waals surface area contributed by atoms with E-state index in [4.69, 9.17) is 0 Å². The summed E-state index contributed by atoms with van der Waals surface area (Å²) >= 11 is 1.21. The molecule has 0 unspecified atom stereocenters. The van der Waals surface area contributed by atoms with E-state index >= 15 is 0 Å². The number of nitrogens with one attached hydrogen (secondary N) is 1. The number of hydrogen-bond donors (Lipinski definition) is 1. The van der Waals surface area contributed by atoms with Gasteiger partial charge < -0.3 is 4.90 Å². The largest absolute Gasteiger partial charge is 0.341 e. The molecule has 1 saturated heterocycles. The van der Waals surface area contributed by atoms with Crippen LogP contribution in [0.15, 0.2) is 16.3 Å². The summed E-state index contributed by atoms with van der Waals surface area (Å²) in [5.74, 6) is -0.137. The second kappa shape index (κ2) is 6.24. The first-order valence-corrected chi connectivity index (χ1v) is 9.08. The topological polar surface area (TPSA) is 66.5 Å². The van der Waals surface area contributed by atoms with Gasteiger partial charge in [-0.15, -0.1) is 11.3 Å². The second-order valence-electron chi connectivity index (χ2n) is 5.09. The maximum Gasteiger partial charge on any atom is 0.250 e. The lowest BCUT2D eigenvalue weighted by molar-refractivity contribution is -0.133. The third kappa shape index (κ3) is 3.59. The molecule has 7 heteroatoms. The van der Waals surface area contributed by atoms with Gasteiger partial charge in [-0.3, -0.25) is 4.79 Å². The first-order chi connectivity index (χ1) is 9.40. The van der Waals surface area contributed by atoms with Gasteiger partial charge in [0.2, 0.25) is 5.91 Å². The Morgan fingerprint density at radius 3 is 2.50 bits per heavy atom. The maximum absolute atomic E-state index is 12.2. The Kier molecular flexibility index (Phi) is 4.82. The molecule has 1 atom stereocenters. The highest BCUT2D eigenvalue weighted by Gasteiger charge is 2.27. The van der Waals surface area contributed by atoms with Gasteiger partial charge in [0, 0.05) is 18.0 Å². The highest BCUT2D eigenvalue weighted by Crippen LogP contribution is 2.21. The number of likely N-dealkylation sites (tertiary alicyclic amines) is 1. The SMILES string of the molecule is Cc1ccc(S(=O)(=O)N[C@@H](C)C(=O)N2CCCCC2)s1. The van der Waals surface area contributed by atoms with E-state index in [9.17, 15) is 13.2 Å². The number of aryl methyl sites for hydroxylation is 1. The molecule has 1 fully saturated rings. The van der Waals surface area contributed by atoms with Crippen LogP contribution in [0.5, 0.6) is 0 Å². The number of amides is 1. The van der Waals surface area contributed by atoms with Crippen LogP contribution in [0.1, 0.15) is 31.1 Å². The number of sulfonamides is 1. The van der Waals surface area contributed by atoms with Crippen LogP contribution in [0.2, 0.25) is 0 Å². The zero-order chi connectivity index (χ0) is 14.8. The summed E-state index contributed by atoms with van der Waals surface area (Å²) in [7, 11) is -3.60. The molecular formula is C13H20N2O3S2. The molecule has 1 aliphatic heterocycles. The molecule has 1 aromatic heterocycles. The summed E-state index contributed by atoms with van der Waals surface area (Å²) in [6.07, 6.45) is 3.13. The molecule has 20 heavy (non-hydrogen) atoms. The van der Waals surface area contributed by atoms with Crippen LogP contribution in [0, 0.1) is 6.92 Å². The lowest BCUT2D eigenvalue weighted by atomic mass is 10.1. The van der Waals surface area contributed by atoms with Crippen molar-refractivity contribution >= 4 is 27.3 Å². The summed E-state index contributed by atoms with van der Waals surface area (Å²) < 4.78 is 27.1. The minimum atomic E-state index is -3.60. The Bertz CT molecular complexity index is 574. The van der Waals surface area contributed by atoms with Crippen molar-refractivity contribution in [1.29, 1.82) is 0 Å². The Labute approximate surface area is 124 Å². The van der Waals surface area contributed by atoms with Gasteiger partial charge in [0.25, 0.3) is 10.0 Å². The summed E-state index contributed by atoms with van der Waals surface area (Å²) in [6.45, 7) is 4.91. The number of thiophene rings is 1.